The first-order chi connectivity index (χ1) is 9.08. The van der Waals surface area contributed by atoms with Crippen molar-refractivity contribution in [1.29, 1.82) is 0 Å². The molecule has 1 amide bonds. The zero-order chi connectivity index (χ0) is 13.8. The lowest BCUT2D eigenvalue weighted by atomic mass is 10.1. The summed E-state index contributed by atoms with van der Waals surface area (Å²) in [5, 5.41) is 15.0. The van der Waals surface area contributed by atoms with Crippen LogP contribution in [-0.4, -0.2) is 41.1 Å². The number of aromatic carboxylic acids is 1. The van der Waals surface area contributed by atoms with Gasteiger partial charge >= 0.3 is 5.97 Å². The van der Waals surface area contributed by atoms with Crippen LogP contribution in [0.1, 0.15) is 15.9 Å². The van der Waals surface area contributed by atoms with Gasteiger partial charge in [-0.15, -0.1) is 0 Å². The first-order valence-electron chi connectivity index (χ1n) is 6.04. The predicted octanol–water partition coefficient (Wildman–Crippen LogP) is 1.34. The van der Waals surface area contributed by atoms with Gasteiger partial charge in [0, 0.05) is 18.1 Å². The smallest absolute Gasteiger partial charge is 0.337 e. The molecule has 2 rings (SSSR count). The number of nitrogens with one attached hydrogen (secondary N) is 2. The van der Waals surface area contributed by atoms with Crippen LogP contribution in [0.3, 0.4) is 0 Å². The van der Waals surface area contributed by atoms with Crippen LogP contribution in [0.2, 0.25) is 0 Å². The van der Waals surface area contributed by atoms with Gasteiger partial charge in [0.25, 0.3) is 0 Å². The highest BCUT2D eigenvalue weighted by atomic mass is 32.2. The molecule has 0 saturated carbocycles. The third-order valence-electron chi connectivity index (χ3n) is 2.90. The molecule has 3 N–H and O–H groups in total. The van der Waals surface area contributed by atoms with Crippen LogP contribution in [0.15, 0.2) is 18.2 Å². The number of carboxylic acid groups (broad SMARTS) is 1. The molecule has 1 aliphatic heterocycles. The summed E-state index contributed by atoms with van der Waals surface area (Å²) in [6, 6.07) is 4.71. The number of anilines is 1. The molecule has 0 bridgehead atoms. The van der Waals surface area contributed by atoms with Gasteiger partial charge in [-0.2, -0.15) is 11.8 Å². The lowest BCUT2D eigenvalue weighted by Gasteiger charge is -2.22. The molecule has 1 aliphatic rings. The molecule has 6 heteroatoms. The third kappa shape index (κ3) is 3.48. The van der Waals surface area contributed by atoms with E-state index in [9.17, 15) is 9.59 Å². The van der Waals surface area contributed by atoms with E-state index in [1.165, 1.54) is 0 Å². The minimum absolute atomic E-state index is 0.122. The SMILES string of the molecule is Cc1ccc(NC(=O)C2CSCCN2)c(C(=O)O)c1. The number of thioether (sulfide) groups is 1. The summed E-state index contributed by atoms with van der Waals surface area (Å²) in [4.78, 5) is 23.2. The van der Waals surface area contributed by atoms with Gasteiger partial charge in [-0.3, -0.25) is 4.79 Å². The second-order valence-corrected chi connectivity index (χ2v) is 5.57. The Morgan fingerprint density at radius 3 is 2.89 bits per heavy atom. The van der Waals surface area contributed by atoms with E-state index in [1.54, 1.807) is 30.0 Å². The molecule has 1 aromatic carbocycles. The van der Waals surface area contributed by atoms with Gasteiger partial charge in [-0.1, -0.05) is 11.6 Å². The highest BCUT2D eigenvalue weighted by Crippen LogP contribution is 2.18. The van der Waals surface area contributed by atoms with E-state index in [0.717, 1.165) is 17.9 Å². The zero-order valence-corrected chi connectivity index (χ0v) is 11.4. The Morgan fingerprint density at radius 2 is 2.26 bits per heavy atom. The van der Waals surface area contributed by atoms with Crippen molar-refractivity contribution in [2.24, 2.45) is 0 Å². The summed E-state index contributed by atoms with van der Waals surface area (Å²) >= 11 is 1.72. The molecule has 0 aromatic heterocycles. The van der Waals surface area contributed by atoms with Crippen LogP contribution in [-0.2, 0) is 4.79 Å². The number of carbonyl (C=O) groups excluding carboxylic acids is 1. The van der Waals surface area contributed by atoms with Gasteiger partial charge in [0.2, 0.25) is 5.91 Å². The van der Waals surface area contributed by atoms with Gasteiger partial charge in [0.15, 0.2) is 0 Å². The van der Waals surface area contributed by atoms with Crippen molar-refractivity contribution in [3.05, 3.63) is 29.3 Å². The summed E-state index contributed by atoms with van der Waals surface area (Å²) in [7, 11) is 0. The first kappa shape index (κ1) is 13.9. The molecule has 5 nitrogen and oxygen atoms in total. The number of rotatable bonds is 3. The minimum Gasteiger partial charge on any atom is -0.478 e. The Hall–Kier alpha value is -1.53. The number of carboxylic acids is 1. The summed E-state index contributed by atoms with van der Waals surface area (Å²) in [5.74, 6) is 0.484. The van der Waals surface area contributed by atoms with E-state index in [2.05, 4.69) is 10.6 Å². The minimum atomic E-state index is -1.04. The van der Waals surface area contributed by atoms with Crippen molar-refractivity contribution in [3.63, 3.8) is 0 Å². The maximum atomic E-state index is 12.0. The molecule has 1 aromatic rings. The third-order valence-corrected chi connectivity index (χ3v) is 3.96. The summed E-state index contributed by atoms with van der Waals surface area (Å²) < 4.78 is 0. The highest BCUT2D eigenvalue weighted by molar-refractivity contribution is 7.99. The summed E-state index contributed by atoms with van der Waals surface area (Å²) in [6.45, 7) is 2.61. The fourth-order valence-electron chi connectivity index (χ4n) is 1.90. The molecule has 0 spiro atoms. The molecular weight excluding hydrogens is 264 g/mol. The molecule has 1 unspecified atom stereocenters. The van der Waals surface area contributed by atoms with Crippen molar-refractivity contribution in [2.75, 3.05) is 23.4 Å². The van der Waals surface area contributed by atoms with Crippen molar-refractivity contribution in [2.45, 2.75) is 13.0 Å². The Bertz CT molecular complexity index is 499. The highest BCUT2D eigenvalue weighted by Gasteiger charge is 2.22. The standard InChI is InChI=1S/C13H16N2O3S/c1-8-2-3-10(9(6-8)13(17)18)15-12(16)11-7-19-5-4-14-11/h2-3,6,11,14H,4-5,7H2,1H3,(H,15,16)(H,17,18). The average Bonchev–Trinajstić information content (AvgIpc) is 2.41. The van der Waals surface area contributed by atoms with Crippen LogP contribution in [0.25, 0.3) is 0 Å². The monoisotopic (exact) mass is 280 g/mol. The van der Waals surface area contributed by atoms with Crippen molar-refractivity contribution in [3.8, 4) is 0 Å². The van der Waals surface area contributed by atoms with Crippen LogP contribution >= 0.6 is 11.8 Å². The molecule has 19 heavy (non-hydrogen) atoms. The maximum absolute atomic E-state index is 12.0. The van der Waals surface area contributed by atoms with Crippen molar-refractivity contribution >= 4 is 29.3 Å². The van der Waals surface area contributed by atoms with Gasteiger partial charge < -0.3 is 15.7 Å². The number of benzene rings is 1. The molecule has 1 heterocycles. The fourth-order valence-corrected chi connectivity index (χ4v) is 2.83. The second kappa shape index (κ2) is 6.08. The van der Waals surface area contributed by atoms with E-state index >= 15 is 0 Å². The van der Waals surface area contributed by atoms with Crippen LogP contribution in [0.4, 0.5) is 5.69 Å². The normalized spacial score (nSPS) is 18.9. The number of carbonyl (C=O) groups is 2. The second-order valence-electron chi connectivity index (χ2n) is 4.43. The molecule has 1 atom stereocenters. The average molecular weight is 280 g/mol. The topological polar surface area (TPSA) is 78.4 Å². The lowest BCUT2D eigenvalue weighted by molar-refractivity contribution is -0.117. The van der Waals surface area contributed by atoms with E-state index in [0.29, 0.717) is 11.4 Å². The maximum Gasteiger partial charge on any atom is 0.337 e. The van der Waals surface area contributed by atoms with Gasteiger partial charge in [-0.25, -0.2) is 4.79 Å². The first-order valence-corrected chi connectivity index (χ1v) is 7.19. The predicted molar refractivity (Wildman–Crippen MR) is 75.9 cm³/mol. The zero-order valence-electron chi connectivity index (χ0n) is 10.6. The number of hydrogen-bond acceptors (Lipinski definition) is 4. The van der Waals surface area contributed by atoms with Crippen molar-refractivity contribution in [1.82, 2.24) is 5.32 Å². The van der Waals surface area contributed by atoms with E-state index in [-0.39, 0.29) is 17.5 Å². The van der Waals surface area contributed by atoms with Crippen LogP contribution in [0.5, 0.6) is 0 Å². The van der Waals surface area contributed by atoms with Gasteiger partial charge in [-0.05, 0) is 19.1 Å². The van der Waals surface area contributed by atoms with E-state index in [1.807, 2.05) is 6.92 Å². The largest absolute Gasteiger partial charge is 0.478 e. The van der Waals surface area contributed by atoms with Gasteiger partial charge in [0.05, 0.1) is 17.3 Å². The van der Waals surface area contributed by atoms with Crippen LogP contribution in [0, 0.1) is 6.92 Å². The number of aryl methyl sites for hydroxylation is 1. The van der Waals surface area contributed by atoms with Gasteiger partial charge in [0.1, 0.15) is 0 Å². The van der Waals surface area contributed by atoms with E-state index in [4.69, 9.17) is 5.11 Å². The number of amides is 1. The number of hydrogen-bond donors (Lipinski definition) is 3. The fraction of sp³-hybridized carbons (Fsp3) is 0.385. The van der Waals surface area contributed by atoms with E-state index < -0.39 is 5.97 Å². The Balaban J connectivity index is 2.13. The molecule has 1 saturated heterocycles. The summed E-state index contributed by atoms with van der Waals surface area (Å²) in [6.07, 6.45) is 0. The molecule has 0 aliphatic carbocycles. The lowest BCUT2D eigenvalue weighted by Crippen LogP contribution is -2.46. The molecular formula is C13H16N2O3S. The Kier molecular flexibility index (Phi) is 4.44. The Morgan fingerprint density at radius 1 is 1.47 bits per heavy atom. The van der Waals surface area contributed by atoms with Crippen molar-refractivity contribution < 1.29 is 14.7 Å². The van der Waals surface area contributed by atoms with Crippen LogP contribution < -0.4 is 10.6 Å². The molecule has 1 fully saturated rings. The Labute approximate surface area is 115 Å². The quantitative estimate of drug-likeness (QED) is 0.778. The molecule has 102 valence electrons. The summed E-state index contributed by atoms with van der Waals surface area (Å²) in [5.41, 5.74) is 1.32. The molecule has 0 radical (unpaired) electrons.